The van der Waals surface area contributed by atoms with Crippen LogP contribution in [0.3, 0.4) is 0 Å². The van der Waals surface area contributed by atoms with E-state index < -0.39 is 0 Å². The SMILES string of the molecule is CNC(=O)C1=C(C)CON=C1C.I.[HH]. The van der Waals surface area contributed by atoms with Gasteiger partial charge in [-0.1, -0.05) is 5.16 Å². The van der Waals surface area contributed by atoms with Crippen molar-refractivity contribution in [3.8, 4) is 0 Å². The number of hydrogen-bond acceptors (Lipinski definition) is 3. The van der Waals surface area contributed by atoms with Crippen molar-refractivity contribution in [2.24, 2.45) is 5.16 Å². The Bertz CT molecular complexity index is 277. The maximum Gasteiger partial charge on any atom is 0.253 e. The van der Waals surface area contributed by atoms with Gasteiger partial charge in [-0.25, -0.2) is 0 Å². The third-order valence-electron chi connectivity index (χ3n) is 1.73. The van der Waals surface area contributed by atoms with E-state index in [9.17, 15) is 4.79 Å². The van der Waals surface area contributed by atoms with Crippen LogP contribution in [0.2, 0.25) is 0 Å². The second kappa shape index (κ2) is 5.21. The van der Waals surface area contributed by atoms with Gasteiger partial charge in [-0.2, -0.15) is 0 Å². The minimum absolute atomic E-state index is 0. The smallest absolute Gasteiger partial charge is 0.253 e. The molecule has 1 heterocycles. The number of halogens is 1. The van der Waals surface area contributed by atoms with Crippen LogP contribution in [-0.2, 0) is 9.63 Å². The van der Waals surface area contributed by atoms with Crippen molar-refractivity contribution in [3.05, 3.63) is 11.1 Å². The van der Waals surface area contributed by atoms with Crippen LogP contribution in [0.1, 0.15) is 15.3 Å². The molecular weight excluding hydrogens is 283 g/mol. The van der Waals surface area contributed by atoms with Gasteiger partial charge in [0.1, 0.15) is 6.61 Å². The Morgan fingerprint density at radius 2 is 2.23 bits per heavy atom. The first kappa shape index (κ1) is 12.4. The van der Waals surface area contributed by atoms with Gasteiger partial charge in [-0.05, 0) is 19.4 Å². The minimum atomic E-state index is -0.1000. The van der Waals surface area contributed by atoms with Crippen molar-refractivity contribution >= 4 is 35.6 Å². The molecule has 1 rings (SSSR count). The number of carbonyl (C=O) groups excluding carboxylic acids is 1. The lowest BCUT2D eigenvalue weighted by Crippen LogP contribution is -2.27. The topological polar surface area (TPSA) is 50.7 Å². The third-order valence-corrected chi connectivity index (χ3v) is 1.73. The van der Waals surface area contributed by atoms with Gasteiger partial charge < -0.3 is 10.2 Å². The van der Waals surface area contributed by atoms with Gasteiger partial charge in [0.2, 0.25) is 0 Å². The maximum atomic E-state index is 11.3. The Hall–Kier alpha value is -0.590. The first-order valence-electron chi connectivity index (χ1n) is 3.75. The molecule has 1 aliphatic rings. The lowest BCUT2D eigenvalue weighted by Gasteiger charge is -2.14. The minimum Gasteiger partial charge on any atom is -0.391 e. The molecule has 1 amide bonds. The van der Waals surface area contributed by atoms with E-state index in [2.05, 4.69) is 10.5 Å². The number of carbonyl (C=O) groups is 1. The molecule has 0 atom stereocenters. The Morgan fingerprint density at radius 3 is 2.69 bits per heavy atom. The van der Waals surface area contributed by atoms with Gasteiger partial charge in [-0.3, -0.25) is 4.79 Å². The van der Waals surface area contributed by atoms with Crippen molar-refractivity contribution in [2.75, 3.05) is 13.7 Å². The quantitative estimate of drug-likeness (QED) is 0.742. The molecule has 1 aliphatic heterocycles. The summed E-state index contributed by atoms with van der Waals surface area (Å²) in [5.74, 6) is -0.1000. The van der Waals surface area contributed by atoms with Gasteiger partial charge in [-0.15, -0.1) is 24.0 Å². The lowest BCUT2D eigenvalue weighted by molar-refractivity contribution is -0.116. The second-order valence-corrected chi connectivity index (χ2v) is 2.68. The maximum absolute atomic E-state index is 11.3. The zero-order valence-corrected chi connectivity index (χ0v) is 10.2. The fourth-order valence-electron chi connectivity index (χ4n) is 1.14. The number of nitrogens with zero attached hydrogens (tertiary/aromatic N) is 1. The van der Waals surface area contributed by atoms with E-state index in [-0.39, 0.29) is 31.3 Å². The average molecular weight is 298 g/mol. The van der Waals surface area contributed by atoms with Crippen LogP contribution in [0, 0.1) is 0 Å². The molecule has 0 radical (unpaired) electrons. The fourth-order valence-corrected chi connectivity index (χ4v) is 1.14. The number of nitrogens with one attached hydrogen (secondary N) is 1. The van der Waals surface area contributed by atoms with Crippen LogP contribution in [0.4, 0.5) is 0 Å². The number of amides is 1. The van der Waals surface area contributed by atoms with E-state index >= 15 is 0 Å². The van der Waals surface area contributed by atoms with E-state index in [4.69, 9.17) is 4.84 Å². The summed E-state index contributed by atoms with van der Waals surface area (Å²) in [6, 6.07) is 0. The number of likely N-dealkylation sites (N-methyl/N-ethyl adjacent to an activating group) is 1. The summed E-state index contributed by atoms with van der Waals surface area (Å²) in [7, 11) is 1.60. The summed E-state index contributed by atoms with van der Waals surface area (Å²) >= 11 is 0. The van der Waals surface area contributed by atoms with Gasteiger partial charge in [0.25, 0.3) is 5.91 Å². The van der Waals surface area contributed by atoms with Crippen molar-refractivity contribution in [3.63, 3.8) is 0 Å². The zero-order chi connectivity index (χ0) is 9.14. The molecule has 0 spiro atoms. The van der Waals surface area contributed by atoms with Crippen LogP contribution in [0.15, 0.2) is 16.3 Å². The molecule has 13 heavy (non-hydrogen) atoms. The Labute approximate surface area is 95.9 Å². The molecule has 1 N–H and O–H groups in total. The lowest BCUT2D eigenvalue weighted by atomic mass is 10.0. The first-order valence-corrected chi connectivity index (χ1v) is 3.75. The molecule has 0 aliphatic carbocycles. The predicted molar refractivity (Wildman–Crippen MR) is 63.4 cm³/mol. The van der Waals surface area contributed by atoms with Crippen molar-refractivity contribution < 1.29 is 11.1 Å². The van der Waals surface area contributed by atoms with Gasteiger partial charge in [0, 0.05) is 8.47 Å². The van der Waals surface area contributed by atoms with Gasteiger partial charge >= 0.3 is 0 Å². The Morgan fingerprint density at radius 1 is 1.62 bits per heavy atom. The normalized spacial score (nSPS) is 15.5. The van der Waals surface area contributed by atoms with E-state index in [0.717, 1.165) is 5.57 Å². The highest BCUT2D eigenvalue weighted by atomic mass is 127. The van der Waals surface area contributed by atoms with Crippen LogP contribution in [-0.4, -0.2) is 25.3 Å². The highest BCUT2D eigenvalue weighted by Crippen LogP contribution is 2.12. The molecule has 0 bridgehead atoms. The number of hydrogen-bond donors (Lipinski definition) is 1. The molecule has 0 saturated carbocycles. The van der Waals surface area contributed by atoms with Crippen molar-refractivity contribution in [1.82, 2.24) is 5.32 Å². The monoisotopic (exact) mass is 298 g/mol. The Balaban J connectivity index is 0. The number of oxime groups is 1. The van der Waals surface area contributed by atoms with Crippen molar-refractivity contribution in [2.45, 2.75) is 13.8 Å². The molecule has 5 heteroatoms. The predicted octanol–water partition coefficient (Wildman–Crippen LogP) is 1.32. The van der Waals surface area contributed by atoms with Crippen LogP contribution >= 0.6 is 24.0 Å². The molecule has 0 saturated heterocycles. The molecule has 0 aromatic rings. The molecule has 0 unspecified atom stereocenters. The van der Waals surface area contributed by atoms with Gasteiger partial charge in [0.05, 0.1) is 11.3 Å². The van der Waals surface area contributed by atoms with E-state index in [0.29, 0.717) is 17.9 Å². The molecule has 4 nitrogen and oxygen atoms in total. The van der Waals surface area contributed by atoms with E-state index in [1.54, 1.807) is 14.0 Å². The molecule has 0 aromatic carbocycles. The van der Waals surface area contributed by atoms with Gasteiger partial charge in [0.15, 0.2) is 0 Å². The second-order valence-electron chi connectivity index (χ2n) is 2.68. The Kier molecular flexibility index (Phi) is 4.97. The third kappa shape index (κ3) is 2.68. The van der Waals surface area contributed by atoms with Crippen molar-refractivity contribution in [1.29, 1.82) is 0 Å². The highest BCUT2D eigenvalue weighted by Gasteiger charge is 2.18. The van der Waals surface area contributed by atoms with Crippen LogP contribution in [0.5, 0.6) is 0 Å². The summed E-state index contributed by atoms with van der Waals surface area (Å²) in [6.07, 6.45) is 0. The fraction of sp³-hybridized carbons (Fsp3) is 0.500. The summed E-state index contributed by atoms with van der Waals surface area (Å²) in [4.78, 5) is 16.2. The molecule has 76 valence electrons. The summed E-state index contributed by atoms with van der Waals surface area (Å²) in [5.41, 5.74) is 2.20. The van der Waals surface area contributed by atoms with Crippen LogP contribution < -0.4 is 5.32 Å². The molecule has 0 fully saturated rings. The largest absolute Gasteiger partial charge is 0.391 e. The highest BCUT2D eigenvalue weighted by molar-refractivity contribution is 14.0. The average Bonchev–Trinajstić information content (AvgIpc) is 2.03. The first-order chi connectivity index (χ1) is 5.66. The van der Waals surface area contributed by atoms with E-state index in [1.807, 2.05) is 6.92 Å². The standard InChI is InChI=1S/C8H12N2O2.HI.H2/c1-5-4-12-10-6(2)7(5)8(11)9-3;;/h4H2,1-3H3,(H,9,11);2*1H. The number of rotatable bonds is 1. The summed E-state index contributed by atoms with van der Waals surface area (Å²) < 4.78 is 0. The summed E-state index contributed by atoms with van der Waals surface area (Å²) in [6.45, 7) is 4.02. The summed E-state index contributed by atoms with van der Waals surface area (Å²) in [5, 5.41) is 6.29. The molecular formula is C8H15IN2O2. The molecule has 0 aromatic heterocycles. The van der Waals surface area contributed by atoms with E-state index in [1.165, 1.54) is 0 Å². The van der Waals surface area contributed by atoms with Crippen LogP contribution in [0.25, 0.3) is 0 Å². The zero-order valence-electron chi connectivity index (χ0n) is 7.88.